The maximum atomic E-state index is 9.86. The number of ether oxygens (including phenoxy) is 1. The molecule has 0 spiro atoms. The second kappa shape index (κ2) is 9.09. The molecule has 0 radical (unpaired) electrons. The molecular weight excluding hydrogens is 322 g/mol. The van der Waals surface area contributed by atoms with Crippen LogP contribution < -0.4 is 10.1 Å². The Morgan fingerprint density at radius 2 is 2.00 bits per heavy atom. The summed E-state index contributed by atoms with van der Waals surface area (Å²) in [5.74, 6) is 2.66. The fourth-order valence-electron chi connectivity index (χ4n) is 3.95. The standard InChI is InChI=1S/C23H31NO2/c1-17-7-5-10-21(13-17)26-22-11-6-9-19(14-22)18(2)15-24-16-20-8-3-4-12-23(20)25/h3-5,7-8,10,12-13,18-19,22,24-25H,6,9,11,14-16H2,1-2H3/t18?,19?,22-/m1/s1. The van der Waals surface area contributed by atoms with Crippen LogP contribution in [0.4, 0.5) is 0 Å². The minimum Gasteiger partial charge on any atom is -0.508 e. The molecule has 2 aromatic carbocycles. The highest BCUT2D eigenvalue weighted by Crippen LogP contribution is 2.32. The topological polar surface area (TPSA) is 41.5 Å². The molecule has 0 bridgehead atoms. The first kappa shape index (κ1) is 18.8. The van der Waals surface area contributed by atoms with Crippen LogP contribution in [-0.2, 0) is 6.54 Å². The Balaban J connectivity index is 1.46. The highest BCUT2D eigenvalue weighted by atomic mass is 16.5. The molecule has 1 aliphatic rings. The quantitative estimate of drug-likeness (QED) is 0.731. The van der Waals surface area contributed by atoms with E-state index in [9.17, 15) is 5.11 Å². The largest absolute Gasteiger partial charge is 0.508 e. The molecule has 2 unspecified atom stereocenters. The van der Waals surface area contributed by atoms with Crippen molar-refractivity contribution in [1.82, 2.24) is 5.32 Å². The number of hydrogen-bond donors (Lipinski definition) is 2. The van der Waals surface area contributed by atoms with Crippen LogP contribution in [0.5, 0.6) is 11.5 Å². The second-order valence-corrected chi connectivity index (χ2v) is 7.72. The molecule has 140 valence electrons. The number of phenolic OH excluding ortho intramolecular Hbond substituents is 1. The van der Waals surface area contributed by atoms with E-state index in [0.29, 0.717) is 30.2 Å². The van der Waals surface area contributed by atoms with Gasteiger partial charge in [-0.15, -0.1) is 0 Å². The summed E-state index contributed by atoms with van der Waals surface area (Å²) in [6, 6.07) is 15.9. The minimum absolute atomic E-state index is 0.330. The van der Waals surface area contributed by atoms with Gasteiger partial charge >= 0.3 is 0 Å². The van der Waals surface area contributed by atoms with Crippen molar-refractivity contribution in [2.45, 2.75) is 52.2 Å². The summed E-state index contributed by atoms with van der Waals surface area (Å²) in [5, 5.41) is 13.4. The molecule has 0 heterocycles. The van der Waals surface area contributed by atoms with Gasteiger partial charge in [-0.1, -0.05) is 37.3 Å². The van der Waals surface area contributed by atoms with Gasteiger partial charge in [0.05, 0.1) is 6.10 Å². The Hall–Kier alpha value is -2.00. The minimum atomic E-state index is 0.330. The first-order valence-corrected chi connectivity index (χ1v) is 9.82. The lowest BCUT2D eigenvalue weighted by Crippen LogP contribution is -2.33. The molecule has 1 saturated carbocycles. The van der Waals surface area contributed by atoms with Gasteiger partial charge in [-0.3, -0.25) is 0 Å². The fourth-order valence-corrected chi connectivity index (χ4v) is 3.95. The Labute approximate surface area is 157 Å². The van der Waals surface area contributed by atoms with E-state index < -0.39 is 0 Å². The van der Waals surface area contributed by atoms with Crippen LogP contribution in [0, 0.1) is 18.8 Å². The van der Waals surface area contributed by atoms with Crippen LogP contribution in [-0.4, -0.2) is 17.8 Å². The SMILES string of the molecule is Cc1cccc(O[C@@H]2CCCC(C(C)CNCc3ccccc3O)C2)c1. The van der Waals surface area contributed by atoms with Gasteiger partial charge in [-0.2, -0.15) is 0 Å². The van der Waals surface area contributed by atoms with Crippen LogP contribution in [0.25, 0.3) is 0 Å². The third-order valence-electron chi connectivity index (χ3n) is 5.54. The predicted octanol–water partition coefficient (Wildman–Crippen LogP) is 5.06. The van der Waals surface area contributed by atoms with Crippen LogP contribution in [0.15, 0.2) is 48.5 Å². The molecule has 0 saturated heterocycles. The number of aryl methyl sites for hydroxylation is 1. The molecule has 26 heavy (non-hydrogen) atoms. The maximum Gasteiger partial charge on any atom is 0.120 e. The van der Waals surface area contributed by atoms with Crippen molar-refractivity contribution in [1.29, 1.82) is 0 Å². The molecule has 1 fully saturated rings. The molecule has 3 nitrogen and oxygen atoms in total. The van der Waals surface area contributed by atoms with Crippen molar-refractivity contribution in [3.8, 4) is 11.5 Å². The highest BCUT2D eigenvalue weighted by Gasteiger charge is 2.27. The van der Waals surface area contributed by atoms with Gasteiger partial charge in [-0.05, 0) is 74.8 Å². The smallest absolute Gasteiger partial charge is 0.120 e. The average molecular weight is 354 g/mol. The molecule has 2 N–H and O–H groups in total. The zero-order chi connectivity index (χ0) is 18.4. The van der Waals surface area contributed by atoms with Gasteiger partial charge in [0, 0.05) is 12.1 Å². The molecule has 1 aliphatic carbocycles. The van der Waals surface area contributed by atoms with Crippen molar-refractivity contribution < 1.29 is 9.84 Å². The fraction of sp³-hybridized carbons (Fsp3) is 0.478. The number of nitrogens with one attached hydrogen (secondary N) is 1. The Kier molecular flexibility index (Phi) is 6.56. The van der Waals surface area contributed by atoms with Crippen molar-refractivity contribution in [3.63, 3.8) is 0 Å². The van der Waals surface area contributed by atoms with Gasteiger partial charge in [-0.25, -0.2) is 0 Å². The summed E-state index contributed by atoms with van der Waals surface area (Å²) in [6.07, 6.45) is 5.14. The Morgan fingerprint density at radius 1 is 1.15 bits per heavy atom. The summed E-state index contributed by atoms with van der Waals surface area (Å²) in [6.45, 7) is 6.12. The third kappa shape index (κ3) is 5.25. The monoisotopic (exact) mass is 353 g/mol. The Bertz CT molecular complexity index is 700. The van der Waals surface area contributed by atoms with Gasteiger partial charge in [0.15, 0.2) is 0 Å². The summed E-state index contributed by atoms with van der Waals surface area (Å²) in [7, 11) is 0. The van der Waals surface area contributed by atoms with E-state index in [2.05, 4.69) is 43.4 Å². The second-order valence-electron chi connectivity index (χ2n) is 7.72. The zero-order valence-corrected chi connectivity index (χ0v) is 15.9. The number of hydrogen-bond acceptors (Lipinski definition) is 3. The summed E-state index contributed by atoms with van der Waals surface area (Å²) >= 11 is 0. The molecule has 0 aromatic heterocycles. The van der Waals surface area contributed by atoms with Crippen LogP contribution in [0.2, 0.25) is 0 Å². The molecule has 3 heteroatoms. The molecular formula is C23H31NO2. The van der Waals surface area contributed by atoms with E-state index >= 15 is 0 Å². The molecule has 0 amide bonds. The lowest BCUT2D eigenvalue weighted by Gasteiger charge is -2.33. The normalized spacial score (nSPS) is 21.3. The predicted molar refractivity (Wildman–Crippen MR) is 107 cm³/mol. The first-order chi connectivity index (χ1) is 12.6. The zero-order valence-electron chi connectivity index (χ0n) is 15.9. The van der Waals surface area contributed by atoms with Crippen molar-refractivity contribution in [2.24, 2.45) is 11.8 Å². The van der Waals surface area contributed by atoms with Crippen molar-refractivity contribution in [2.75, 3.05) is 6.54 Å². The average Bonchev–Trinajstić information content (AvgIpc) is 2.63. The van der Waals surface area contributed by atoms with E-state index in [1.165, 1.54) is 18.4 Å². The third-order valence-corrected chi connectivity index (χ3v) is 5.54. The molecule has 3 rings (SSSR count). The molecule has 2 aromatic rings. The maximum absolute atomic E-state index is 9.86. The van der Waals surface area contributed by atoms with Crippen molar-refractivity contribution >= 4 is 0 Å². The van der Waals surface area contributed by atoms with E-state index in [0.717, 1.165) is 30.7 Å². The van der Waals surface area contributed by atoms with Gasteiger partial charge in [0.2, 0.25) is 0 Å². The number of rotatable bonds is 7. The van der Waals surface area contributed by atoms with Crippen LogP contribution >= 0.6 is 0 Å². The number of phenols is 1. The van der Waals surface area contributed by atoms with Gasteiger partial charge < -0.3 is 15.2 Å². The summed E-state index contributed by atoms with van der Waals surface area (Å²) in [5.41, 5.74) is 2.21. The lowest BCUT2D eigenvalue weighted by atomic mass is 9.79. The molecule has 3 atom stereocenters. The van der Waals surface area contributed by atoms with E-state index in [-0.39, 0.29) is 0 Å². The van der Waals surface area contributed by atoms with Crippen LogP contribution in [0.3, 0.4) is 0 Å². The van der Waals surface area contributed by atoms with Gasteiger partial charge in [0.25, 0.3) is 0 Å². The van der Waals surface area contributed by atoms with E-state index in [4.69, 9.17) is 4.74 Å². The lowest BCUT2D eigenvalue weighted by molar-refractivity contribution is 0.102. The summed E-state index contributed by atoms with van der Waals surface area (Å²) < 4.78 is 6.25. The number of benzene rings is 2. The van der Waals surface area contributed by atoms with E-state index in [1.807, 2.05) is 18.2 Å². The van der Waals surface area contributed by atoms with Crippen molar-refractivity contribution in [3.05, 3.63) is 59.7 Å². The number of para-hydroxylation sites is 1. The molecule has 0 aliphatic heterocycles. The number of aromatic hydroxyl groups is 1. The first-order valence-electron chi connectivity index (χ1n) is 9.82. The summed E-state index contributed by atoms with van der Waals surface area (Å²) in [4.78, 5) is 0. The Morgan fingerprint density at radius 3 is 2.81 bits per heavy atom. The van der Waals surface area contributed by atoms with Crippen LogP contribution in [0.1, 0.15) is 43.7 Å². The highest BCUT2D eigenvalue weighted by molar-refractivity contribution is 5.31. The van der Waals surface area contributed by atoms with E-state index in [1.54, 1.807) is 6.07 Å². The van der Waals surface area contributed by atoms with Gasteiger partial charge in [0.1, 0.15) is 11.5 Å².